The van der Waals surface area contributed by atoms with E-state index >= 15 is 0 Å². The number of alkyl carbamates (subject to hydrolysis) is 1. The second-order valence-electron chi connectivity index (χ2n) is 15.3. The van der Waals surface area contributed by atoms with Crippen LogP contribution in [-0.2, 0) is 14.8 Å². The molecule has 1 amide bonds. The highest BCUT2D eigenvalue weighted by molar-refractivity contribution is 7.92. The summed E-state index contributed by atoms with van der Waals surface area (Å²) in [5.74, 6) is -0.810. The molecule has 4 N–H and O–H groups in total. The summed E-state index contributed by atoms with van der Waals surface area (Å²) in [6.07, 6.45) is 4.42. The van der Waals surface area contributed by atoms with Gasteiger partial charge in [-0.25, -0.2) is 27.7 Å². The molecule has 0 bridgehead atoms. The maximum Gasteiger partial charge on any atom is 0.407 e. The van der Waals surface area contributed by atoms with Crippen molar-refractivity contribution in [3.05, 3.63) is 65.2 Å². The van der Waals surface area contributed by atoms with Crippen LogP contribution in [0.5, 0.6) is 5.88 Å². The first-order valence-corrected chi connectivity index (χ1v) is 18.6. The molecule has 13 heteroatoms. The summed E-state index contributed by atoms with van der Waals surface area (Å²) in [7, 11) is -4.23. The van der Waals surface area contributed by atoms with E-state index in [4.69, 9.17) is 9.47 Å². The second kappa shape index (κ2) is 14.6. The van der Waals surface area contributed by atoms with Gasteiger partial charge >= 0.3 is 12.1 Å². The number of aromatic carboxylic acids is 1. The standard InChI is InChI=1S/C37H49N5O7S/c1-22(2)14-26(38-27-17-37(18-27)19-28(20-37)39-35(45)49-36(5,6)7)21-48-31-16-30(32-23(3)10-8-11-24(32)4)40-34(41-31)42-50(46,47)29-13-9-12-25(15-29)33(43)44/h8-13,15-16,22,26-28,38H,14,17-21H2,1-7H3,(H,39,45)(H,43,44)(H,40,41,42)/t26-,27?,28?,37?/m1/s1. The first kappa shape index (κ1) is 37.0. The van der Waals surface area contributed by atoms with E-state index in [0.717, 1.165) is 54.9 Å². The minimum atomic E-state index is -4.23. The Kier molecular flexibility index (Phi) is 10.8. The summed E-state index contributed by atoms with van der Waals surface area (Å²) in [6.45, 7) is 14.1. The number of sulfonamides is 1. The van der Waals surface area contributed by atoms with Crippen molar-refractivity contribution in [1.82, 2.24) is 20.6 Å². The van der Waals surface area contributed by atoms with Gasteiger partial charge < -0.3 is 25.2 Å². The number of aromatic nitrogens is 2. The SMILES string of the molecule is Cc1cccc(C)c1-c1cc(OC[C@@H](CC(C)C)NC2CC3(CC(NC(=O)OC(C)(C)C)C3)C2)nc(NS(=O)(=O)c2cccc(C(=O)O)c2)n1. The minimum absolute atomic E-state index is 0.0191. The molecule has 1 atom stereocenters. The first-order valence-electron chi connectivity index (χ1n) is 17.1. The fourth-order valence-corrected chi connectivity index (χ4v) is 8.13. The third-order valence-electron chi connectivity index (χ3n) is 9.16. The molecule has 0 saturated heterocycles. The lowest BCUT2D eigenvalue weighted by Gasteiger charge is -2.58. The van der Waals surface area contributed by atoms with Crippen LogP contribution in [0.3, 0.4) is 0 Å². The molecule has 5 rings (SSSR count). The predicted octanol–water partition coefficient (Wildman–Crippen LogP) is 6.48. The number of amides is 1. The number of nitrogens with one attached hydrogen (secondary N) is 3. The number of nitrogens with zero attached hydrogens (tertiary/aromatic N) is 2. The van der Waals surface area contributed by atoms with Gasteiger partial charge in [-0.05, 0) is 107 Å². The lowest BCUT2D eigenvalue weighted by Crippen LogP contribution is -2.62. The molecule has 270 valence electrons. The average Bonchev–Trinajstić information content (AvgIpc) is 2.96. The molecule has 2 aliphatic rings. The number of carbonyl (C=O) groups excluding carboxylic acids is 1. The summed E-state index contributed by atoms with van der Waals surface area (Å²) in [5, 5.41) is 16.2. The van der Waals surface area contributed by atoms with Gasteiger partial charge in [0, 0.05) is 29.8 Å². The number of aryl methyl sites for hydroxylation is 2. The van der Waals surface area contributed by atoms with Crippen LogP contribution in [-0.4, -0.2) is 65.9 Å². The summed E-state index contributed by atoms with van der Waals surface area (Å²) < 4.78 is 40.9. The number of carboxylic acids is 1. The van der Waals surface area contributed by atoms with Gasteiger partial charge in [-0.2, -0.15) is 4.98 Å². The van der Waals surface area contributed by atoms with Crippen LogP contribution in [0.25, 0.3) is 11.3 Å². The van der Waals surface area contributed by atoms with E-state index in [1.54, 1.807) is 6.07 Å². The van der Waals surface area contributed by atoms with Crippen LogP contribution < -0.4 is 20.1 Å². The number of hydrogen-bond donors (Lipinski definition) is 4. The Labute approximate surface area is 294 Å². The molecule has 2 saturated carbocycles. The number of hydrogen-bond acceptors (Lipinski definition) is 9. The average molecular weight is 708 g/mol. The zero-order valence-electron chi connectivity index (χ0n) is 29.9. The summed E-state index contributed by atoms with van der Waals surface area (Å²) in [5.41, 5.74) is 2.80. The van der Waals surface area contributed by atoms with Crippen molar-refractivity contribution in [1.29, 1.82) is 0 Å². The normalized spacial score (nSPS) is 20.8. The van der Waals surface area contributed by atoms with Crippen LogP contribution in [0.4, 0.5) is 10.7 Å². The molecule has 2 aliphatic carbocycles. The Morgan fingerprint density at radius 1 is 0.980 bits per heavy atom. The van der Waals surface area contributed by atoms with Crippen LogP contribution in [0.1, 0.15) is 88.2 Å². The predicted molar refractivity (Wildman–Crippen MR) is 191 cm³/mol. The quantitative estimate of drug-likeness (QED) is 0.154. The highest BCUT2D eigenvalue weighted by atomic mass is 32.2. The van der Waals surface area contributed by atoms with E-state index in [0.29, 0.717) is 24.3 Å². The third kappa shape index (κ3) is 9.30. The van der Waals surface area contributed by atoms with E-state index in [1.807, 2.05) is 52.8 Å². The van der Waals surface area contributed by atoms with E-state index < -0.39 is 21.6 Å². The third-order valence-corrected chi connectivity index (χ3v) is 10.5. The van der Waals surface area contributed by atoms with Crippen molar-refractivity contribution in [3.8, 4) is 17.1 Å². The van der Waals surface area contributed by atoms with Crippen molar-refractivity contribution < 1.29 is 32.6 Å². The topological polar surface area (TPSA) is 169 Å². The van der Waals surface area contributed by atoms with Gasteiger partial charge in [-0.15, -0.1) is 0 Å². The Morgan fingerprint density at radius 3 is 2.24 bits per heavy atom. The molecule has 1 spiro atoms. The zero-order valence-corrected chi connectivity index (χ0v) is 30.7. The summed E-state index contributed by atoms with van der Waals surface area (Å²) >= 11 is 0. The van der Waals surface area contributed by atoms with Gasteiger partial charge in [-0.3, -0.25) is 0 Å². The molecule has 12 nitrogen and oxygen atoms in total. The van der Waals surface area contributed by atoms with E-state index in [-0.39, 0.29) is 45.9 Å². The van der Waals surface area contributed by atoms with Crippen LogP contribution in [0, 0.1) is 25.2 Å². The number of carboxylic acid groups (broad SMARTS) is 1. The molecule has 0 unspecified atom stereocenters. The van der Waals surface area contributed by atoms with Gasteiger partial charge in [0.2, 0.25) is 11.8 Å². The Morgan fingerprint density at radius 2 is 1.62 bits per heavy atom. The Hall–Kier alpha value is -4.23. The molecule has 0 aliphatic heterocycles. The maximum atomic E-state index is 13.4. The number of ether oxygens (including phenoxy) is 2. The fourth-order valence-electron chi connectivity index (χ4n) is 7.14. The highest BCUT2D eigenvalue weighted by Crippen LogP contribution is 2.56. The van der Waals surface area contributed by atoms with E-state index in [1.165, 1.54) is 18.2 Å². The lowest BCUT2D eigenvalue weighted by atomic mass is 9.52. The summed E-state index contributed by atoms with van der Waals surface area (Å²) in [6, 6.07) is 13.2. The Balaban J connectivity index is 1.29. The lowest BCUT2D eigenvalue weighted by molar-refractivity contribution is -0.0376. The molecule has 3 aromatic rings. The smallest absolute Gasteiger partial charge is 0.407 e. The molecule has 2 fully saturated rings. The van der Waals surface area contributed by atoms with Crippen molar-refractivity contribution >= 4 is 28.0 Å². The Bertz CT molecular complexity index is 1810. The molecule has 1 aromatic heterocycles. The van der Waals surface area contributed by atoms with E-state index in [2.05, 4.69) is 39.2 Å². The number of rotatable bonds is 13. The fraction of sp³-hybridized carbons (Fsp3) is 0.514. The number of carbonyl (C=O) groups is 2. The van der Waals surface area contributed by atoms with Gasteiger partial charge in [-0.1, -0.05) is 38.1 Å². The second-order valence-corrected chi connectivity index (χ2v) is 17.0. The molecular formula is C37H49N5O7S. The van der Waals surface area contributed by atoms with Crippen molar-refractivity contribution in [2.45, 2.75) is 109 Å². The first-order chi connectivity index (χ1) is 23.4. The zero-order chi connectivity index (χ0) is 36.4. The minimum Gasteiger partial charge on any atom is -0.478 e. The van der Waals surface area contributed by atoms with Crippen LogP contribution in [0.2, 0.25) is 0 Å². The number of anilines is 1. The van der Waals surface area contributed by atoms with Crippen LogP contribution in [0.15, 0.2) is 53.4 Å². The largest absolute Gasteiger partial charge is 0.478 e. The van der Waals surface area contributed by atoms with Crippen LogP contribution >= 0.6 is 0 Å². The van der Waals surface area contributed by atoms with Crippen molar-refractivity contribution in [2.24, 2.45) is 11.3 Å². The summed E-state index contributed by atoms with van der Waals surface area (Å²) in [4.78, 5) is 32.5. The van der Waals surface area contributed by atoms with Gasteiger partial charge in [0.05, 0.1) is 16.2 Å². The molecule has 2 aromatic carbocycles. The van der Waals surface area contributed by atoms with Crippen molar-refractivity contribution in [2.75, 3.05) is 11.3 Å². The molecule has 1 heterocycles. The van der Waals surface area contributed by atoms with Crippen molar-refractivity contribution in [3.63, 3.8) is 0 Å². The number of benzene rings is 2. The van der Waals surface area contributed by atoms with Gasteiger partial charge in [0.15, 0.2) is 0 Å². The highest BCUT2D eigenvalue weighted by Gasteiger charge is 2.53. The van der Waals surface area contributed by atoms with Gasteiger partial charge in [0.1, 0.15) is 12.2 Å². The molecule has 50 heavy (non-hydrogen) atoms. The maximum absolute atomic E-state index is 13.4. The molecular weight excluding hydrogens is 659 g/mol. The monoisotopic (exact) mass is 707 g/mol. The van der Waals surface area contributed by atoms with Gasteiger partial charge in [0.25, 0.3) is 10.0 Å². The van der Waals surface area contributed by atoms with E-state index in [9.17, 15) is 23.1 Å². The molecule has 0 radical (unpaired) electrons.